The molecule has 1 unspecified atom stereocenters. The number of hydrogen-bond acceptors (Lipinski definition) is 2. The van der Waals surface area contributed by atoms with Crippen molar-refractivity contribution in [2.75, 3.05) is 4.72 Å². The number of hydrogen-bond donors (Lipinski definition) is 1. The maximum absolute atomic E-state index is 13.9. The lowest BCUT2D eigenvalue weighted by atomic mass is 10.0. The molecule has 0 fully saturated rings. The quantitative estimate of drug-likeness (QED) is 0.669. The molecule has 2 aromatic rings. The van der Waals surface area contributed by atoms with Crippen LogP contribution in [0.5, 0.6) is 0 Å². The van der Waals surface area contributed by atoms with E-state index in [1.54, 1.807) is 4.72 Å². The summed E-state index contributed by atoms with van der Waals surface area (Å²) in [6.07, 6.45) is -4.94. The van der Waals surface area contributed by atoms with Crippen LogP contribution in [0.3, 0.4) is 0 Å². The van der Waals surface area contributed by atoms with E-state index in [1.807, 2.05) is 0 Å². The minimum absolute atomic E-state index is 0.350. The minimum Gasteiger partial charge on any atom is -0.755 e. The van der Waals surface area contributed by atoms with Crippen molar-refractivity contribution in [3.63, 3.8) is 0 Å². The second-order valence-corrected chi connectivity index (χ2v) is 5.02. The van der Waals surface area contributed by atoms with Gasteiger partial charge in [0.15, 0.2) is 0 Å². The van der Waals surface area contributed by atoms with Crippen molar-refractivity contribution in [3.05, 3.63) is 53.3 Å². The molecule has 0 aromatic heterocycles. The Labute approximate surface area is 128 Å². The van der Waals surface area contributed by atoms with Gasteiger partial charge in [-0.05, 0) is 29.8 Å². The van der Waals surface area contributed by atoms with E-state index >= 15 is 0 Å². The fourth-order valence-electron chi connectivity index (χ4n) is 1.90. The van der Waals surface area contributed by atoms with Gasteiger partial charge >= 0.3 is 6.18 Å². The maximum atomic E-state index is 13.9. The number of alkyl halides is 3. The van der Waals surface area contributed by atoms with Crippen LogP contribution in [-0.4, -0.2) is 8.76 Å². The molecule has 0 aliphatic heterocycles. The largest absolute Gasteiger partial charge is 0.755 e. The Bertz CT molecular complexity index is 755. The van der Waals surface area contributed by atoms with Crippen molar-refractivity contribution in [3.8, 4) is 11.1 Å². The van der Waals surface area contributed by atoms with Gasteiger partial charge in [-0.3, -0.25) is 4.21 Å². The van der Waals surface area contributed by atoms with Crippen LogP contribution in [0.25, 0.3) is 11.1 Å². The first-order valence-electron chi connectivity index (χ1n) is 5.81. The van der Waals surface area contributed by atoms with E-state index in [-0.39, 0.29) is 0 Å². The van der Waals surface area contributed by atoms with Crippen molar-refractivity contribution >= 4 is 17.0 Å². The maximum Gasteiger partial charge on any atom is 0.419 e. The van der Waals surface area contributed by atoms with Crippen LogP contribution in [0.1, 0.15) is 5.56 Å². The second-order valence-electron chi connectivity index (χ2n) is 4.34. The molecule has 0 heterocycles. The standard InChI is InChI=1S/C13H7F6NO2S/c14-9-3-6(1-2-8(9)13(17,18)19)12-10(15)4-7(5-11(12)16)20-23(21)22/h1-5,20H,(H,21,22)/p-1. The predicted octanol–water partition coefficient (Wildman–Crippen LogP) is 4.00. The third-order valence-electron chi connectivity index (χ3n) is 2.81. The van der Waals surface area contributed by atoms with E-state index in [9.17, 15) is 35.1 Å². The highest BCUT2D eigenvalue weighted by molar-refractivity contribution is 7.80. The summed E-state index contributed by atoms with van der Waals surface area (Å²) in [4.78, 5) is 0. The van der Waals surface area contributed by atoms with Gasteiger partial charge in [-0.2, -0.15) is 13.2 Å². The minimum atomic E-state index is -4.94. The van der Waals surface area contributed by atoms with Gasteiger partial charge < -0.3 is 9.27 Å². The van der Waals surface area contributed by atoms with Crippen LogP contribution in [-0.2, 0) is 17.4 Å². The molecular formula is C13H6F6NO2S-. The average molecular weight is 354 g/mol. The highest BCUT2D eigenvalue weighted by atomic mass is 32.2. The first kappa shape index (κ1) is 17.3. The molecule has 0 spiro atoms. The van der Waals surface area contributed by atoms with Gasteiger partial charge in [0.1, 0.15) is 17.5 Å². The number of benzene rings is 2. The van der Waals surface area contributed by atoms with Gasteiger partial charge in [0.05, 0.1) is 16.8 Å². The zero-order valence-electron chi connectivity index (χ0n) is 10.9. The molecule has 0 bridgehead atoms. The van der Waals surface area contributed by atoms with Gasteiger partial charge in [-0.15, -0.1) is 0 Å². The Morgan fingerprint density at radius 1 is 0.957 bits per heavy atom. The molecule has 10 heteroatoms. The summed E-state index contributed by atoms with van der Waals surface area (Å²) >= 11 is -2.82. The van der Waals surface area contributed by atoms with E-state index in [4.69, 9.17) is 0 Å². The summed E-state index contributed by atoms with van der Waals surface area (Å²) in [6.45, 7) is 0. The van der Waals surface area contributed by atoms with Crippen LogP contribution < -0.4 is 4.72 Å². The van der Waals surface area contributed by atoms with E-state index in [0.29, 0.717) is 30.3 Å². The SMILES string of the molecule is O=S([O-])Nc1cc(F)c(-c2ccc(C(F)(F)F)c(F)c2)c(F)c1. The number of halogens is 6. The van der Waals surface area contributed by atoms with E-state index < -0.39 is 57.3 Å². The molecule has 3 nitrogen and oxygen atoms in total. The molecular weight excluding hydrogens is 348 g/mol. The lowest BCUT2D eigenvalue weighted by molar-refractivity contribution is -0.139. The molecule has 0 aliphatic rings. The summed E-state index contributed by atoms with van der Waals surface area (Å²) in [6, 6.07) is 2.66. The molecule has 0 amide bonds. The van der Waals surface area contributed by atoms with E-state index in [2.05, 4.69) is 0 Å². The summed E-state index contributed by atoms with van der Waals surface area (Å²) in [5.41, 5.74) is -3.23. The van der Waals surface area contributed by atoms with Gasteiger partial charge in [0, 0.05) is 11.3 Å². The summed E-state index contributed by atoms with van der Waals surface area (Å²) < 4.78 is 101. The molecule has 124 valence electrons. The van der Waals surface area contributed by atoms with Crippen molar-refractivity contribution in [2.24, 2.45) is 0 Å². The monoisotopic (exact) mass is 354 g/mol. The first-order valence-corrected chi connectivity index (χ1v) is 6.89. The van der Waals surface area contributed by atoms with Crippen LogP contribution in [0.2, 0.25) is 0 Å². The number of nitrogens with one attached hydrogen (secondary N) is 1. The van der Waals surface area contributed by atoms with Crippen molar-refractivity contribution in [1.29, 1.82) is 0 Å². The second kappa shape index (κ2) is 6.20. The summed E-state index contributed by atoms with van der Waals surface area (Å²) in [5.74, 6) is -4.22. The molecule has 0 aliphatic carbocycles. The first-order chi connectivity index (χ1) is 10.6. The summed E-state index contributed by atoms with van der Waals surface area (Å²) in [7, 11) is 0. The van der Waals surface area contributed by atoms with E-state index in [0.717, 1.165) is 0 Å². The Morgan fingerprint density at radius 2 is 1.52 bits per heavy atom. The Morgan fingerprint density at radius 3 is 1.96 bits per heavy atom. The zero-order chi connectivity index (χ0) is 17.4. The molecule has 1 atom stereocenters. The van der Waals surface area contributed by atoms with Gasteiger partial charge in [0.2, 0.25) is 0 Å². The van der Waals surface area contributed by atoms with Crippen LogP contribution in [0.15, 0.2) is 30.3 Å². The van der Waals surface area contributed by atoms with Crippen LogP contribution >= 0.6 is 0 Å². The van der Waals surface area contributed by atoms with Gasteiger partial charge in [-0.25, -0.2) is 13.2 Å². The third kappa shape index (κ3) is 3.82. The van der Waals surface area contributed by atoms with Crippen molar-refractivity contribution < 1.29 is 35.1 Å². The number of anilines is 1. The highest BCUT2D eigenvalue weighted by Crippen LogP contribution is 2.35. The Hall–Kier alpha value is -2.07. The van der Waals surface area contributed by atoms with E-state index in [1.165, 1.54) is 0 Å². The van der Waals surface area contributed by atoms with Crippen molar-refractivity contribution in [1.82, 2.24) is 0 Å². The predicted molar refractivity (Wildman–Crippen MR) is 69.3 cm³/mol. The zero-order valence-corrected chi connectivity index (χ0v) is 11.7. The third-order valence-corrected chi connectivity index (χ3v) is 3.21. The fraction of sp³-hybridized carbons (Fsp3) is 0.0769. The Balaban J connectivity index is 2.51. The highest BCUT2D eigenvalue weighted by Gasteiger charge is 2.34. The normalized spacial score (nSPS) is 13.0. The van der Waals surface area contributed by atoms with Crippen molar-refractivity contribution in [2.45, 2.75) is 6.18 Å². The smallest absolute Gasteiger partial charge is 0.419 e. The molecule has 0 saturated heterocycles. The fourth-order valence-corrected chi connectivity index (χ4v) is 2.21. The molecule has 2 rings (SSSR count). The molecule has 0 radical (unpaired) electrons. The average Bonchev–Trinajstić information content (AvgIpc) is 2.35. The Kier molecular flexibility index (Phi) is 4.66. The lowest BCUT2D eigenvalue weighted by Gasteiger charge is -2.13. The molecule has 23 heavy (non-hydrogen) atoms. The van der Waals surface area contributed by atoms with Gasteiger partial charge in [0.25, 0.3) is 0 Å². The summed E-state index contributed by atoms with van der Waals surface area (Å²) in [5, 5.41) is 0. The van der Waals surface area contributed by atoms with Gasteiger partial charge in [-0.1, -0.05) is 6.07 Å². The molecule has 2 aromatic carbocycles. The molecule has 0 saturated carbocycles. The topological polar surface area (TPSA) is 52.2 Å². The van der Waals surface area contributed by atoms with Crippen LogP contribution in [0.4, 0.5) is 32.0 Å². The molecule has 1 N–H and O–H groups in total. The van der Waals surface area contributed by atoms with Crippen LogP contribution in [0, 0.1) is 17.5 Å². The number of rotatable bonds is 3. The lowest BCUT2D eigenvalue weighted by Crippen LogP contribution is -2.08.